The zero-order valence-corrected chi connectivity index (χ0v) is 20.6. The smallest absolute Gasteiger partial charge is 0.259 e. The van der Waals surface area contributed by atoms with Gasteiger partial charge >= 0.3 is 0 Å². The van der Waals surface area contributed by atoms with Gasteiger partial charge in [0.2, 0.25) is 11.8 Å². The minimum absolute atomic E-state index is 0.0531. The molecule has 3 rings (SSSR count). The lowest BCUT2D eigenvalue weighted by Crippen LogP contribution is -2.50. The van der Waals surface area contributed by atoms with Gasteiger partial charge in [-0.3, -0.25) is 14.6 Å². The van der Waals surface area contributed by atoms with E-state index in [0.29, 0.717) is 18.7 Å². The van der Waals surface area contributed by atoms with E-state index in [1.165, 1.54) is 0 Å². The number of methoxy groups -OCH3 is 1. The second-order valence-corrected chi connectivity index (χ2v) is 8.74. The SMILES string of the molecule is COCC#Cc1cnc2c(c1)C(=O)N([C@H](C)CO)C[C@@H](C)[C@H](CN(C)C(=O)Cc1ccncc1)O2. The molecule has 1 aliphatic rings. The van der Waals surface area contributed by atoms with Gasteiger partial charge in [-0.15, -0.1) is 0 Å². The molecule has 9 heteroatoms. The first-order chi connectivity index (χ1) is 16.8. The van der Waals surface area contributed by atoms with Gasteiger partial charge in [0.1, 0.15) is 18.3 Å². The summed E-state index contributed by atoms with van der Waals surface area (Å²) in [5.74, 6) is 5.51. The van der Waals surface area contributed by atoms with Crippen LogP contribution in [-0.2, 0) is 16.0 Å². The Morgan fingerprint density at radius 1 is 1.40 bits per heavy atom. The Hall–Kier alpha value is -3.48. The molecule has 0 radical (unpaired) electrons. The summed E-state index contributed by atoms with van der Waals surface area (Å²) in [5, 5.41) is 9.79. The summed E-state index contributed by atoms with van der Waals surface area (Å²) in [7, 11) is 3.29. The van der Waals surface area contributed by atoms with E-state index in [1.54, 1.807) is 55.5 Å². The lowest BCUT2D eigenvalue weighted by Gasteiger charge is -2.37. The molecule has 0 unspecified atom stereocenters. The number of nitrogens with zero attached hydrogens (tertiary/aromatic N) is 4. The molecule has 3 atom stereocenters. The third-order valence-electron chi connectivity index (χ3n) is 5.95. The average Bonchev–Trinajstić information content (AvgIpc) is 2.86. The predicted molar refractivity (Wildman–Crippen MR) is 130 cm³/mol. The highest BCUT2D eigenvalue weighted by molar-refractivity contribution is 5.97. The summed E-state index contributed by atoms with van der Waals surface area (Å²) < 4.78 is 11.2. The highest BCUT2D eigenvalue weighted by Crippen LogP contribution is 2.27. The zero-order valence-electron chi connectivity index (χ0n) is 20.6. The second kappa shape index (κ2) is 12.3. The van der Waals surface area contributed by atoms with Crippen molar-refractivity contribution in [3.63, 3.8) is 0 Å². The van der Waals surface area contributed by atoms with Crippen molar-refractivity contribution in [2.24, 2.45) is 5.92 Å². The van der Waals surface area contributed by atoms with Crippen molar-refractivity contribution in [3.05, 3.63) is 53.5 Å². The maximum Gasteiger partial charge on any atom is 0.259 e. The molecule has 9 nitrogen and oxygen atoms in total. The van der Waals surface area contributed by atoms with Crippen molar-refractivity contribution in [2.45, 2.75) is 32.4 Å². The number of ether oxygens (including phenoxy) is 2. The van der Waals surface area contributed by atoms with Crippen LogP contribution in [0.25, 0.3) is 0 Å². The van der Waals surface area contributed by atoms with Gasteiger partial charge in [-0.2, -0.15) is 0 Å². The van der Waals surface area contributed by atoms with E-state index in [9.17, 15) is 14.7 Å². The third kappa shape index (κ3) is 6.78. The quantitative estimate of drug-likeness (QED) is 0.597. The number of hydrogen-bond donors (Lipinski definition) is 1. The Morgan fingerprint density at radius 3 is 2.83 bits per heavy atom. The van der Waals surface area contributed by atoms with Crippen molar-refractivity contribution in [1.29, 1.82) is 0 Å². The van der Waals surface area contributed by atoms with Gasteiger partial charge in [-0.05, 0) is 30.7 Å². The fourth-order valence-electron chi connectivity index (χ4n) is 3.78. The average molecular weight is 481 g/mol. The second-order valence-electron chi connectivity index (χ2n) is 8.74. The summed E-state index contributed by atoms with van der Waals surface area (Å²) in [6.07, 6.45) is 4.71. The van der Waals surface area contributed by atoms with E-state index >= 15 is 0 Å². The molecule has 0 saturated carbocycles. The molecule has 2 aromatic rings. The fraction of sp³-hybridized carbons (Fsp3) is 0.462. The van der Waals surface area contributed by atoms with Crippen molar-refractivity contribution in [1.82, 2.24) is 19.8 Å². The molecule has 0 aromatic carbocycles. The van der Waals surface area contributed by atoms with E-state index in [1.807, 2.05) is 19.1 Å². The first-order valence-electron chi connectivity index (χ1n) is 11.5. The standard InChI is InChI=1S/C26H32N4O5/c1-18-15-30(19(2)17-31)26(33)22-12-21(6-5-11-34-4)14-28-25(22)35-23(18)16-29(3)24(32)13-20-7-9-27-10-8-20/h7-10,12,14,18-19,23,31H,11,13,15-17H2,1-4H3/t18-,19-,23+/m1/s1. The van der Waals surface area contributed by atoms with E-state index in [0.717, 1.165) is 5.56 Å². The van der Waals surface area contributed by atoms with E-state index in [4.69, 9.17) is 9.47 Å². The van der Waals surface area contributed by atoms with Crippen LogP contribution in [0.5, 0.6) is 5.88 Å². The molecule has 186 valence electrons. The largest absolute Gasteiger partial charge is 0.472 e. The number of aliphatic hydroxyl groups is 1. The lowest BCUT2D eigenvalue weighted by atomic mass is 9.99. The van der Waals surface area contributed by atoms with Gasteiger partial charge in [-0.25, -0.2) is 4.98 Å². The minimum atomic E-state index is -0.417. The number of carbonyl (C=O) groups is 2. The van der Waals surface area contributed by atoms with E-state index in [2.05, 4.69) is 21.8 Å². The predicted octanol–water partition coefficient (Wildman–Crippen LogP) is 1.40. The number of amides is 2. The zero-order chi connectivity index (χ0) is 25.4. The summed E-state index contributed by atoms with van der Waals surface area (Å²) in [6, 6.07) is 4.88. The Balaban J connectivity index is 1.87. The molecule has 2 aromatic heterocycles. The van der Waals surface area contributed by atoms with Crippen LogP contribution in [0.3, 0.4) is 0 Å². The van der Waals surface area contributed by atoms with Gasteiger partial charge in [0.05, 0.1) is 25.6 Å². The number of aliphatic hydroxyl groups excluding tert-OH is 1. The maximum atomic E-state index is 13.4. The first kappa shape index (κ1) is 26.1. The van der Waals surface area contributed by atoms with Crippen LogP contribution in [-0.4, -0.2) is 89.3 Å². The number of fused-ring (bicyclic) bond motifs is 1. The van der Waals surface area contributed by atoms with Crippen molar-refractivity contribution < 1.29 is 24.2 Å². The molecule has 0 saturated heterocycles. The Bertz CT molecular complexity index is 1080. The summed E-state index contributed by atoms with van der Waals surface area (Å²) in [4.78, 5) is 37.9. The molecular formula is C26H32N4O5. The number of aromatic nitrogens is 2. The van der Waals surface area contributed by atoms with Gasteiger partial charge < -0.3 is 24.4 Å². The number of rotatable bonds is 7. The molecule has 1 N–H and O–H groups in total. The number of hydrogen-bond acceptors (Lipinski definition) is 7. The summed E-state index contributed by atoms with van der Waals surface area (Å²) >= 11 is 0. The van der Waals surface area contributed by atoms with Crippen LogP contribution >= 0.6 is 0 Å². The van der Waals surface area contributed by atoms with Crippen molar-refractivity contribution in [3.8, 4) is 17.7 Å². The molecule has 0 bridgehead atoms. The molecular weight excluding hydrogens is 448 g/mol. The van der Waals surface area contributed by atoms with Crippen LogP contribution in [0.1, 0.15) is 35.3 Å². The van der Waals surface area contributed by atoms with Crippen LogP contribution in [0.15, 0.2) is 36.8 Å². The van der Waals surface area contributed by atoms with Crippen LogP contribution in [0.4, 0.5) is 0 Å². The Labute approximate surface area is 206 Å². The first-order valence-corrected chi connectivity index (χ1v) is 11.5. The van der Waals surface area contributed by atoms with Gasteiger partial charge in [-0.1, -0.05) is 18.8 Å². The van der Waals surface area contributed by atoms with Crippen LogP contribution in [0.2, 0.25) is 0 Å². The summed E-state index contributed by atoms with van der Waals surface area (Å²) in [6.45, 7) is 4.51. The molecule has 3 heterocycles. The monoisotopic (exact) mass is 480 g/mol. The van der Waals surface area contributed by atoms with Crippen LogP contribution in [0, 0.1) is 17.8 Å². The van der Waals surface area contributed by atoms with Gasteiger partial charge in [0, 0.05) is 50.8 Å². The maximum absolute atomic E-state index is 13.4. The third-order valence-corrected chi connectivity index (χ3v) is 5.95. The van der Waals surface area contributed by atoms with Crippen molar-refractivity contribution in [2.75, 3.05) is 40.5 Å². The molecule has 35 heavy (non-hydrogen) atoms. The lowest BCUT2D eigenvalue weighted by molar-refractivity contribution is -0.130. The fourth-order valence-corrected chi connectivity index (χ4v) is 3.78. The summed E-state index contributed by atoms with van der Waals surface area (Å²) in [5.41, 5.74) is 1.72. The highest BCUT2D eigenvalue weighted by atomic mass is 16.5. The molecule has 0 fully saturated rings. The van der Waals surface area contributed by atoms with Crippen LogP contribution < -0.4 is 4.74 Å². The molecule has 1 aliphatic heterocycles. The number of carbonyl (C=O) groups excluding carboxylic acids is 2. The van der Waals surface area contributed by atoms with Gasteiger partial charge in [0.15, 0.2) is 0 Å². The molecule has 0 aliphatic carbocycles. The van der Waals surface area contributed by atoms with E-state index < -0.39 is 12.1 Å². The molecule has 2 amide bonds. The van der Waals surface area contributed by atoms with E-state index in [-0.39, 0.29) is 48.8 Å². The minimum Gasteiger partial charge on any atom is -0.472 e. The van der Waals surface area contributed by atoms with Gasteiger partial charge in [0.25, 0.3) is 5.91 Å². The Kier molecular flexibility index (Phi) is 9.18. The van der Waals surface area contributed by atoms with Crippen molar-refractivity contribution >= 4 is 11.8 Å². The Morgan fingerprint density at radius 2 is 2.14 bits per heavy atom. The number of likely N-dealkylation sites (N-methyl/N-ethyl adjacent to an activating group) is 1. The number of pyridine rings is 2. The highest BCUT2D eigenvalue weighted by Gasteiger charge is 2.34. The topological polar surface area (TPSA) is 105 Å². The molecule has 0 spiro atoms. The normalized spacial score (nSPS) is 18.3.